The van der Waals surface area contributed by atoms with Gasteiger partial charge in [-0.2, -0.15) is 0 Å². The van der Waals surface area contributed by atoms with Crippen molar-refractivity contribution in [1.82, 2.24) is 10.2 Å². The average molecular weight is 222 g/mol. The molecule has 2 nitrogen and oxygen atoms in total. The minimum atomic E-state index is 0.774. The van der Waals surface area contributed by atoms with Crippen molar-refractivity contribution in [3.05, 3.63) is 12.2 Å². The highest BCUT2D eigenvalue weighted by atomic mass is 15.2. The van der Waals surface area contributed by atoms with E-state index in [4.69, 9.17) is 0 Å². The highest BCUT2D eigenvalue weighted by Crippen LogP contribution is 2.32. The maximum Gasteiger partial charge on any atom is 0.0166 e. The molecule has 1 heterocycles. The van der Waals surface area contributed by atoms with Gasteiger partial charge in [-0.25, -0.2) is 0 Å². The predicted octanol–water partition coefficient (Wildman–Crippen LogP) is 2.27. The van der Waals surface area contributed by atoms with Crippen molar-refractivity contribution in [2.45, 2.75) is 39.2 Å². The molecule has 1 N–H and O–H groups in total. The molecule has 0 aromatic rings. The van der Waals surface area contributed by atoms with Crippen LogP contribution < -0.4 is 5.32 Å². The van der Waals surface area contributed by atoms with Gasteiger partial charge in [0.05, 0.1) is 0 Å². The van der Waals surface area contributed by atoms with E-state index < -0.39 is 0 Å². The third-order valence-corrected chi connectivity index (χ3v) is 3.90. The lowest BCUT2D eigenvalue weighted by molar-refractivity contribution is 0.0694. The van der Waals surface area contributed by atoms with Gasteiger partial charge in [0.2, 0.25) is 0 Å². The van der Waals surface area contributed by atoms with E-state index in [2.05, 4.69) is 36.2 Å². The van der Waals surface area contributed by atoms with Crippen molar-refractivity contribution in [3.8, 4) is 0 Å². The number of rotatable bonds is 5. The lowest BCUT2D eigenvalue weighted by Gasteiger charge is -2.45. The normalized spacial score (nSPS) is 30.7. The maximum atomic E-state index is 3.61. The van der Waals surface area contributed by atoms with E-state index >= 15 is 0 Å². The Morgan fingerprint density at radius 2 is 2.19 bits per heavy atom. The molecule has 16 heavy (non-hydrogen) atoms. The highest BCUT2D eigenvalue weighted by molar-refractivity contribution is 4.98. The summed E-state index contributed by atoms with van der Waals surface area (Å²) in [6, 6.07) is 0.865. The molecular formula is C14H26N2. The van der Waals surface area contributed by atoms with Crippen molar-refractivity contribution in [2.75, 3.05) is 26.2 Å². The summed E-state index contributed by atoms with van der Waals surface area (Å²) in [5.74, 6) is 1.68. The number of nitrogens with one attached hydrogen (secondary N) is 1. The molecule has 2 unspecified atom stereocenters. The van der Waals surface area contributed by atoms with Crippen molar-refractivity contribution >= 4 is 0 Å². The fraction of sp³-hybridized carbons (Fsp3) is 0.857. The molecule has 0 aromatic carbocycles. The van der Waals surface area contributed by atoms with E-state index in [0.717, 1.165) is 17.9 Å². The van der Waals surface area contributed by atoms with E-state index in [1.807, 2.05) is 0 Å². The minimum Gasteiger partial charge on any atom is -0.316 e. The molecule has 1 aliphatic heterocycles. The average Bonchev–Trinajstić information content (AvgIpc) is 2.24. The Labute approximate surface area is 100 Å². The molecule has 2 aliphatic rings. The van der Waals surface area contributed by atoms with E-state index in [1.165, 1.54) is 45.4 Å². The molecule has 1 saturated carbocycles. The van der Waals surface area contributed by atoms with Crippen molar-refractivity contribution in [3.63, 3.8) is 0 Å². The summed E-state index contributed by atoms with van der Waals surface area (Å²) in [6.45, 7) is 9.42. The largest absolute Gasteiger partial charge is 0.316 e. The summed E-state index contributed by atoms with van der Waals surface area (Å²) < 4.78 is 0. The highest BCUT2D eigenvalue weighted by Gasteiger charge is 2.34. The molecule has 1 aliphatic carbocycles. The Balaban J connectivity index is 1.69. The van der Waals surface area contributed by atoms with E-state index in [0.29, 0.717) is 0 Å². The quantitative estimate of drug-likeness (QED) is 0.718. The van der Waals surface area contributed by atoms with E-state index in [9.17, 15) is 0 Å². The van der Waals surface area contributed by atoms with Crippen LogP contribution in [0.3, 0.4) is 0 Å². The van der Waals surface area contributed by atoms with Crippen molar-refractivity contribution in [2.24, 2.45) is 11.8 Å². The van der Waals surface area contributed by atoms with Gasteiger partial charge in [-0.05, 0) is 44.2 Å². The number of nitrogens with zero attached hydrogens (tertiary/aromatic N) is 1. The van der Waals surface area contributed by atoms with Crippen LogP contribution in [-0.2, 0) is 0 Å². The molecule has 0 saturated heterocycles. The first-order chi connectivity index (χ1) is 7.77. The standard InChI is InChI=1S/C14H26N2/c1-12(2)10-15-11-13-6-7-14(13)16-8-4-3-5-9-16/h3-4,12-15H,5-11H2,1-2H3. The number of hydrogen-bond donors (Lipinski definition) is 1. The first-order valence-corrected chi connectivity index (χ1v) is 6.87. The maximum absolute atomic E-state index is 3.61. The van der Waals surface area contributed by atoms with Gasteiger partial charge in [0.15, 0.2) is 0 Å². The van der Waals surface area contributed by atoms with Crippen LogP contribution in [0.1, 0.15) is 33.1 Å². The van der Waals surface area contributed by atoms with Gasteiger partial charge in [-0.3, -0.25) is 4.90 Å². The Morgan fingerprint density at radius 1 is 1.31 bits per heavy atom. The Hall–Kier alpha value is -0.340. The molecule has 1 fully saturated rings. The predicted molar refractivity (Wildman–Crippen MR) is 69.5 cm³/mol. The molecule has 0 aromatic heterocycles. The molecule has 2 rings (SSSR count). The molecule has 2 heteroatoms. The third-order valence-electron chi connectivity index (χ3n) is 3.90. The minimum absolute atomic E-state index is 0.774. The van der Waals surface area contributed by atoms with E-state index in [-0.39, 0.29) is 0 Å². The number of hydrogen-bond acceptors (Lipinski definition) is 2. The summed E-state index contributed by atoms with van der Waals surface area (Å²) in [6.07, 6.45) is 8.75. The van der Waals surface area contributed by atoms with Gasteiger partial charge in [-0.1, -0.05) is 26.0 Å². The van der Waals surface area contributed by atoms with Crippen LogP contribution in [0.2, 0.25) is 0 Å². The summed E-state index contributed by atoms with van der Waals surface area (Å²) in [5.41, 5.74) is 0. The monoisotopic (exact) mass is 222 g/mol. The topological polar surface area (TPSA) is 15.3 Å². The zero-order valence-corrected chi connectivity index (χ0v) is 10.8. The van der Waals surface area contributed by atoms with Gasteiger partial charge < -0.3 is 5.32 Å². The molecule has 0 spiro atoms. The fourth-order valence-electron chi connectivity index (χ4n) is 2.79. The second-order valence-corrected chi connectivity index (χ2v) is 5.71. The smallest absolute Gasteiger partial charge is 0.0166 e. The van der Waals surface area contributed by atoms with Gasteiger partial charge >= 0.3 is 0 Å². The SMILES string of the molecule is CC(C)CNCC1CCC1N1CC=CCC1. The molecule has 0 radical (unpaired) electrons. The Morgan fingerprint density at radius 3 is 2.75 bits per heavy atom. The fourth-order valence-corrected chi connectivity index (χ4v) is 2.79. The van der Waals surface area contributed by atoms with Crippen LogP contribution in [0.5, 0.6) is 0 Å². The zero-order chi connectivity index (χ0) is 11.4. The Kier molecular flexibility index (Phi) is 4.42. The zero-order valence-electron chi connectivity index (χ0n) is 10.8. The Bertz CT molecular complexity index is 235. The van der Waals surface area contributed by atoms with Crippen molar-refractivity contribution < 1.29 is 0 Å². The summed E-state index contributed by atoms with van der Waals surface area (Å²) in [4.78, 5) is 2.67. The summed E-state index contributed by atoms with van der Waals surface area (Å²) >= 11 is 0. The van der Waals surface area contributed by atoms with Gasteiger partial charge in [0.1, 0.15) is 0 Å². The summed E-state index contributed by atoms with van der Waals surface area (Å²) in [7, 11) is 0. The van der Waals surface area contributed by atoms with Crippen LogP contribution in [0.15, 0.2) is 12.2 Å². The van der Waals surface area contributed by atoms with Gasteiger partial charge in [0.25, 0.3) is 0 Å². The molecule has 0 bridgehead atoms. The lowest BCUT2D eigenvalue weighted by atomic mass is 9.78. The second kappa shape index (κ2) is 5.83. The van der Waals surface area contributed by atoms with Gasteiger partial charge in [0, 0.05) is 19.1 Å². The molecular weight excluding hydrogens is 196 g/mol. The van der Waals surface area contributed by atoms with Crippen LogP contribution in [0.4, 0.5) is 0 Å². The lowest BCUT2D eigenvalue weighted by Crippen LogP contribution is -2.51. The van der Waals surface area contributed by atoms with Gasteiger partial charge in [-0.15, -0.1) is 0 Å². The van der Waals surface area contributed by atoms with Crippen LogP contribution >= 0.6 is 0 Å². The summed E-state index contributed by atoms with van der Waals surface area (Å²) in [5, 5.41) is 3.61. The molecule has 0 amide bonds. The van der Waals surface area contributed by atoms with Crippen molar-refractivity contribution in [1.29, 1.82) is 0 Å². The molecule has 2 atom stereocenters. The van der Waals surface area contributed by atoms with Crippen LogP contribution in [0.25, 0.3) is 0 Å². The molecule has 92 valence electrons. The van der Waals surface area contributed by atoms with E-state index in [1.54, 1.807) is 0 Å². The third kappa shape index (κ3) is 3.08. The van der Waals surface area contributed by atoms with Crippen LogP contribution in [-0.4, -0.2) is 37.1 Å². The second-order valence-electron chi connectivity index (χ2n) is 5.71. The van der Waals surface area contributed by atoms with Crippen LogP contribution in [0, 0.1) is 11.8 Å². The first-order valence-electron chi connectivity index (χ1n) is 6.87. The first kappa shape index (κ1) is 12.1.